The van der Waals surface area contributed by atoms with Crippen molar-refractivity contribution in [3.8, 4) is 5.75 Å². The molecule has 2 aromatic carbocycles. The number of rotatable bonds is 7. The zero-order valence-electron chi connectivity index (χ0n) is 20.6. The van der Waals surface area contributed by atoms with Crippen molar-refractivity contribution in [2.24, 2.45) is 0 Å². The first-order valence-electron chi connectivity index (χ1n) is 13.0. The summed E-state index contributed by atoms with van der Waals surface area (Å²) >= 11 is 0. The Morgan fingerprint density at radius 1 is 1.11 bits per heavy atom. The summed E-state index contributed by atoms with van der Waals surface area (Å²) in [5.41, 5.74) is 2.72. The van der Waals surface area contributed by atoms with E-state index in [9.17, 15) is 14.7 Å². The van der Waals surface area contributed by atoms with Gasteiger partial charge in [-0.2, -0.15) is 0 Å². The van der Waals surface area contributed by atoms with Crippen molar-refractivity contribution in [2.75, 3.05) is 11.9 Å². The van der Waals surface area contributed by atoms with E-state index in [-0.39, 0.29) is 55.2 Å². The van der Waals surface area contributed by atoms with Crippen LogP contribution < -0.4 is 20.7 Å². The molecule has 0 bridgehead atoms. The Kier molecular flexibility index (Phi) is 7.43. The maximum Gasteiger partial charge on any atom is 0.319 e. The van der Waals surface area contributed by atoms with Crippen molar-refractivity contribution >= 4 is 17.6 Å². The van der Waals surface area contributed by atoms with Crippen LogP contribution >= 0.6 is 0 Å². The van der Waals surface area contributed by atoms with E-state index in [1.54, 1.807) is 0 Å². The third kappa shape index (κ3) is 5.50. The summed E-state index contributed by atoms with van der Waals surface area (Å²) in [4.78, 5) is 25.3. The number of ether oxygens (including phenoxy) is 2. The third-order valence-electron chi connectivity index (χ3n) is 7.54. The summed E-state index contributed by atoms with van der Waals surface area (Å²) in [5.74, 6) is 0.608. The monoisotopic (exact) mass is 493 g/mol. The number of urea groups is 1. The number of carbonyl (C=O) groups excluding carboxylic acids is 2. The van der Waals surface area contributed by atoms with E-state index in [1.807, 2.05) is 55.5 Å². The lowest BCUT2D eigenvalue weighted by Crippen LogP contribution is -2.47. The predicted octanol–water partition coefficient (Wildman–Crippen LogP) is 4.01. The van der Waals surface area contributed by atoms with Crippen LogP contribution in [0.4, 0.5) is 10.5 Å². The molecule has 0 spiro atoms. The highest BCUT2D eigenvalue weighted by Crippen LogP contribution is 2.47. The van der Waals surface area contributed by atoms with Crippen molar-refractivity contribution in [1.29, 1.82) is 0 Å². The minimum atomic E-state index is -0.525. The fraction of sp³-hybridized carbons (Fsp3) is 0.500. The fourth-order valence-electron chi connectivity index (χ4n) is 5.72. The maximum absolute atomic E-state index is 12.8. The van der Waals surface area contributed by atoms with Crippen LogP contribution in [0.2, 0.25) is 0 Å². The molecule has 2 aromatic rings. The fourth-order valence-corrected chi connectivity index (χ4v) is 5.72. The van der Waals surface area contributed by atoms with E-state index in [4.69, 9.17) is 9.47 Å². The van der Waals surface area contributed by atoms with Gasteiger partial charge in [-0.3, -0.25) is 4.79 Å². The third-order valence-corrected chi connectivity index (χ3v) is 7.54. The summed E-state index contributed by atoms with van der Waals surface area (Å²) < 4.78 is 12.2. The van der Waals surface area contributed by atoms with Crippen LogP contribution in [0.25, 0.3) is 0 Å². The molecule has 5 rings (SSSR count). The Morgan fingerprint density at radius 2 is 1.89 bits per heavy atom. The van der Waals surface area contributed by atoms with E-state index in [2.05, 4.69) is 16.0 Å². The summed E-state index contributed by atoms with van der Waals surface area (Å²) in [6, 6.07) is 15.4. The lowest BCUT2D eigenvalue weighted by atomic mass is 9.84. The summed E-state index contributed by atoms with van der Waals surface area (Å²) in [5, 5.41) is 19.0. The molecule has 2 fully saturated rings. The van der Waals surface area contributed by atoms with Crippen LogP contribution in [0, 0.1) is 0 Å². The molecule has 5 atom stereocenters. The van der Waals surface area contributed by atoms with Gasteiger partial charge in [0.15, 0.2) is 0 Å². The molecular weight excluding hydrogens is 458 g/mol. The second-order valence-electron chi connectivity index (χ2n) is 10.1. The molecule has 3 amide bonds. The second-order valence-corrected chi connectivity index (χ2v) is 10.1. The molecule has 2 aliphatic heterocycles. The smallest absolute Gasteiger partial charge is 0.319 e. The van der Waals surface area contributed by atoms with Crippen LogP contribution in [0.1, 0.15) is 68.5 Å². The normalized spacial score (nSPS) is 25.8. The van der Waals surface area contributed by atoms with Crippen LogP contribution in [0.3, 0.4) is 0 Å². The van der Waals surface area contributed by atoms with E-state index < -0.39 is 6.10 Å². The molecule has 3 aliphatic rings. The predicted molar refractivity (Wildman–Crippen MR) is 136 cm³/mol. The molecule has 0 unspecified atom stereocenters. The molecule has 0 aromatic heterocycles. The van der Waals surface area contributed by atoms with E-state index in [0.29, 0.717) is 12.1 Å². The molecule has 0 radical (unpaired) electrons. The number of aliphatic hydroxyl groups excluding tert-OH is 1. The van der Waals surface area contributed by atoms with Gasteiger partial charge in [-0.1, -0.05) is 43.2 Å². The number of hydrogen-bond donors (Lipinski definition) is 4. The molecule has 2 heterocycles. The van der Waals surface area contributed by atoms with E-state index >= 15 is 0 Å². The number of benzene rings is 2. The van der Waals surface area contributed by atoms with Gasteiger partial charge in [0.05, 0.1) is 25.2 Å². The molecule has 192 valence electrons. The number of fused-ring (bicyclic) bond motifs is 3. The summed E-state index contributed by atoms with van der Waals surface area (Å²) in [6.45, 7) is 1.77. The van der Waals surface area contributed by atoms with Crippen LogP contribution in [0.15, 0.2) is 48.5 Å². The number of amides is 3. The van der Waals surface area contributed by atoms with Gasteiger partial charge >= 0.3 is 6.03 Å². The molecule has 8 nitrogen and oxygen atoms in total. The van der Waals surface area contributed by atoms with Crippen LogP contribution in [0.5, 0.6) is 5.75 Å². The molecule has 4 N–H and O–H groups in total. The first-order chi connectivity index (χ1) is 17.5. The van der Waals surface area contributed by atoms with Gasteiger partial charge in [-0.15, -0.1) is 0 Å². The van der Waals surface area contributed by atoms with E-state index in [1.165, 1.54) is 0 Å². The molecule has 1 saturated heterocycles. The van der Waals surface area contributed by atoms with Gasteiger partial charge in [0, 0.05) is 23.2 Å². The second kappa shape index (κ2) is 10.9. The number of carbonyl (C=O) groups is 2. The lowest BCUT2D eigenvalue weighted by Gasteiger charge is -2.37. The van der Waals surface area contributed by atoms with Crippen molar-refractivity contribution in [1.82, 2.24) is 10.6 Å². The topological polar surface area (TPSA) is 109 Å². The van der Waals surface area contributed by atoms with Crippen LogP contribution in [-0.4, -0.2) is 48.0 Å². The van der Waals surface area contributed by atoms with Crippen molar-refractivity contribution in [3.05, 3.63) is 59.7 Å². The highest BCUT2D eigenvalue weighted by Gasteiger charge is 2.46. The Balaban J connectivity index is 1.23. The van der Waals surface area contributed by atoms with E-state index in [0.717, 1.165) is 42.6 Å². The van der Waals surface area contributed by atoms with Crippen molar-refractivity contribution < 1.29 is 24.2 Å². The summed E-state index contributed by atoms with van der Waals surface area (Å²) in [7, 11) is 0. The zero-order valence-corrected chi connectivity index (χ0v) is 20.6. The van der Waals surface area contributed by atoms with Gasteiger partial charge in [0.2, 0.25) is 5.91 Å². The highest BCUT2D eigenvalue weighted by atomic mass is 16.6. The van der Waals surface area contributed by atoms with Gasteiger partial charge in [-0.05, 0) is 49.9 Å². The quantitative estimate of drug-likeness (QED) is 0.466. The van der Waals surface area contributed by atoms with Gasteiger partial charge in [0.1, 0.15) is 18.0 Å². The van der Waals surface area contributed by atoms with Gasteiger partial charge in [-0.25, -0.2) is 4.79 Å². The van der Waals surface area contributed by atoms with Crippen molar-refractivity contribution in [3.63, 3.8) is 0 Å². The lowest BCUT2D eigenvalue weighted by molar-refractivity contribution is -0.142. The van der Waals surface area contributed by atoms with Crippen LogP contribution in [-0.2, 0) is 9.53 Å². The molecule has 8 heteroatoms. The molecule has 1 aliphatic carbocycles. The average molecular weight is 494 g/mol. The largest absolute Gasteiger partial charge is 0.487 e. The molecular formula is C28H35N3O5. The number of hydrogen-bond acceptors (Lipinski definition) is 5. The first kappa shape index (κ1) is 24.6. The van der Waals surface area contributed by atoms with Crippen molar-refractivity contribution in [2.45, 2.75) is 81.8 Å². The minimum absolute atomic E-state index is 0.0325. The minimum Gasteiger partial charge on any atom is -0.487 e. The standard InChI is InChI=1S/C28H35N3O5/c1-17(18-7-3-2-4-8-18)29-26(33)15-21-14-23-22-13-20(31-28(34)30-19-9-5-6-10-19)11-12-24(22)36-27(23)25(16-32)35-21/h2-4,7-8,11-13,17,19,21,23,25,27,32H,5-6,9-10,14-16H2,1H3,(H,29,33)(H2,30,31,34)/t17-,21-,23-,25+,27+/m1/s1. The van der Waals surface area contributed by atoms with Gasteiger partial charge < -0.3 is 30.5 Å². The number of nitrogens with one attached hydrogen (secondary N) is 3. The Hall–Kier alpha value is -3.10. The first-order valence-corrected chi connectivity index (χ1v) is 13.0. The molecule has 36 heavy (non-hydrogen) atoms. The maximum atomic E-state index is 12.8. The molecule has 1 saturated carbocycles. The Labute approximate surface area is 211 Å². The summed E-state index contributed by atoms with van der Waals surface area (Å²) in [6.07, 6.45) is 3.97. The van der Waals surface area contributed by atoms with Gasteiger partial charge in [0.25, 0.3) is 0 Å². The number of anilines is 1. The zero-order chi connectivity index (χ0) is 25.1. The highest BCUT2D eigenvalue weighted by molar-refractivity contribution is 5.89. The Morgan fingerprint density at radius 3 is 2.64 bits per heavy atom. The SMILES string of the molecule is C[C@@H](NC(=O)C[C@H]1C[C@@H]2c3cc(NC(=O)NC4CCCC4)ccc3O[C@@H]2[C@H](CO)O1)c1ccccc1. The number of aliphatic hydroxyl groups is 1. The Bertz CT molecular complexity index is 1070. The average Bonchev–Trinajstić information content (AvgIpc) is 3.51.